The molecule has 1 unspecified atom stereocenters. The van der Waals surface area contributed by atoms with Gasteiger partial charge >= 0.3 is 6.03 Å². The van der Waals surface area contributed by atoms with Gasteiger partial charge in [0.2, 0.25) is 10.0 Å². The van der Waals surface area contributed by atoms with Crippen LogP contribution in [0.25, 0.3) is 0 Å². The van der Waals surface area contributed by atoms with E-state index in [-0.39, 0.29) is 41.6 Å². The maximum absolute atomic E-state index is 13.3. The summed E-state index contributed by atoms with van der Waals surface area (Å²) in [7, 11) is -3.70. The second-order valence-corrected chi connectivity index (χ2v) is 11.1. The topological polar surface area (TPSA) is 90.0 Å². The lowest BCUT2D eigenvalue weighted by Gasteiger charge is -2.36. The van der Waals surface area contributed by atoms with E-state index in [1.54, 1.807) is 18.2 Å². The Labute approximate surface area is 198 Å². The third-order valence-corrected chi connectivity index (χ3v) is 9.20. The quantitative estimate of drug-likeness (QED) is 0.665. The molecule has 2 aromatic rings. The molecule has 8 nitrogen and oxygen atoms in total. The van der Waals surface area contributed by atoms with Gasteiger partial charge in [0.25, 0.3) is 5.91 Å². The summed E-state index contributed by atoms with van der Waals surface area (Å²) in [4.78, 5) is 29.4. The molecule has 2 aromatic carbocycles. The number of piperazine rings is 1. The number of rotatable bonds is 4. The van der Waals surface area contributed by atoms with Crippen LogP contribution in [0.4, 0.5) is 4.79 Å². The van der Waals surface area contributed by atoms with Crippen LogP contribution in [-0.4, -0.2) is 72.8 Å². The molecule has 2 heterocycles. The van der Waals surface area contributed by atoms with Gasteiger partial charge in [-0.15, -0.1) is 0 Å². The molecule has 3 aliphatic rings. The minimum atomic E-state index is -3.70. The molecule has 0 saturated carbocycles. The van der Waals surface area contributed by atoms with Crippen LogP contribution in [0.1, 0.15) is 17.5 Å². The van der Waals surface area contributed by atoms with Crippen LogP contribution in [0.3, 0.4) is 0 Å². The van der Waals surface area contributed by atoms with Gasteiger partial charge in [0.05, 0.1) is 11.7 Å². The minimum Gasteiger partial charge on any atom is -0.323 e. The van der Waals surface area contributed by atoms with Crippen molar-refractivity contribution in [2.75, 3.05) is 32.8 Å². The number of nitrogens with zero attached hydrogens (tertiary/aromatic N) is 3. The standard InChI is InChI=1S/C23H25ClN4O4S/c24-19-7-3-4-8-20(19)33(31,32)27-13-11-26(12-14-27)16-28-21(29)23(25-22(28)30)10-9-17-5-1-2-6-18(17)15-23/h1-8H,9-16H2,(H,25,30). The lowest BCUT2D eigenvalue weighted by molar-refractivity contribution is -0.133. The van der Waals surface area contributed by atoms with Crippen molar-refractivity contribution in [1.29, 1.82) is 0 Å². The highest BCUT2D eigenvalue weighted by Gasteiger charge is 2.52. The molecule has 174 valence electrons. The molecular formula is C23H25ClN4O4S. The first-order valence-corrected chi connectivity index (χ1v) is 12.8. The zero-order valence-electron chi connectivity index (χ0n) is 18.0. The lowest BCUT2D eigenvalue weighted by Crippen LogP contribution is -2.54. The summed E-state index contributed by atoms with van der Waals surface area (Å²) >= 11 is 6.10. The van der Waals surface area contributed by atoms with E-state index in [0.29, 0.717) is 25.9 Å². The molecule has 0 bridgehead atoms. The molecule has 2 aliphatic heterocycles. The Morgan fingerprint density at radius 3 is 2.33 bits per heavy atom. The molecule has 1 spiro atoms. The van der Waals surface area contributed by atoms with Gasteiger partial charge in [-0.3, -0.25) is 9.69 Å². The van der Waals surface area contributed by atoms with Crippen LogP contribution in [0, 0.1) is 0 Å². The van der Waals surface area contributed by atoms with Crippen LogP contribution >= 0.6 is 11.6 Å². The highest BCUT2D eigenvalue weighted by atomic mass is 35.5. The first-order valence-electron chi connectivity index (χ1n) is 11.0. The molecule has 0 aromatic heterocycles. The lowest BCUT2D eigenvalue weighted by atomic mass is 9.78. The second kappa shape index (κ2) is 8.39. The van der Waals surface area contributed by atoms with Crippen molar-refractivity contribution >= 4 is 33.6 Å². The number of imide groups is 1. The third kappa shape index (κ3) is 3.93. The molecule has 5 rings (SSSR count). The largest absolute Gasteiger partial charge is 0.326 e. The van der Waals surface area contributed by atoms with Gasteiger partial charge < -0.3 is 5.32 Å². The first-order chi connectivity index (χ1) is 15.8. The maximum atomic E-state index is 13.3. The predicted molar refractivity (Wildman–Crippen MR) is 123 cm³/mol. The number of fused-ring (bicyclic) bond motifs is 1. The number of hydrogen-bond acceptors (Lipinski definition) is 5. The molecule has 33 heavy (non-hydrogen) atoms. The van der Waals surface area contributed by atoms with Gasteiger partial charge in [-0.1, -0.05) is 48.0 Å². The zero-order valence-corrected chi connectivity index (χ0v) is 19.6. The van der Waals surface area contributed by atoms with Crippen LogP contribution in [0.2, 0.25) is 5.02 Å². The minimum absolute atomic E-state index is 0.0914. The molecule has 0 radical (unpaired) electrons. The average Bonchev–Trinajstić information content (AvgIpc) is 3.03. The van der Waals surface area contributed by atoms with E-state index < -0.39 is 15.6 Å². The number of urea groups is 1. The molecule has 1 N–H and O–H groups in total. The molecule has 2 saturated heterocycles. The summed E-state index contributed by atoms with van der Waals surface area (Å²) in [6, 6.07) is 14.0. The van der Waals surface area contributed by atoms with E-state index in [0.717, 1.165) is 12.0 Å². The fraction of sp³-hybridized carbons (Fsp3) is 0.391. The van der Waals surface area contributed by atoms with E-state index in [9.17, 15) is 18.0 Å². The Kier molecular flexibility index (Phi) is 5.68. The normalized spacial score (nSPS) is 24.2. The highest BCUT2D eigenvalue weighted by molar-refractivity contribution is 7.89. The van der Waals surface area contributed by atoms with Crippen LogP contribution in [0.15, 0.2) is 53.4 Å². The van der Waals surface area contributed by atoms with E-state index in [1.807, 2.05) is 23.1 Å². The Morgan fingerprint density at radius 2 is 1.61 bits per heavy atom. The Morgan fingerprint density at radius 1 is 0.939 bits per heavy atom. The summed E-state index contributed by atoms with van der Waals surface area (Å²) in [5.41, 5.74) is 1.43. The molecule has 1 atom stereocenters. The van der Waals surface area contributed by atoms with Crippen molar-refractivity contribution in [3.63, 3.8) is 0 Å². The van der Waals surface area contributed by atoms with E-state index in [2.05, 4.69) is 11.4 Å². The highest BCUT2D eigenvalue weighted by Crippen LogP contribution is 2.34. The molecular weight excluding hydrogens is 464 g/mol. The Balaban J connectivity index is 1.24. The number of carbonyl (C=O) groups excluding carboxylic acids is 2. The van der Waals surface area contributed by atoms with E-state index in [1.165, 1.54) is 20.8 Å². The predicted octanol–water partition coefficient (Wildman–Crippen LogP) is 2.08. The Bertz CT molecular complexity index is 1210. The van der Waals surface area contributed by atoms with E-state index in [4.69, 9.17) is 11.6 Å². The number of halogens is 1. The number of amides is 3. The molecule has 2 fully saturated rings. The maximum Gasteiger partial charge on any atom is 0.326 e. The number of nitrogens with one attached hydrogen (secondary N) is 1. The molecule has 3 amide bonds. The number of sulfonamides is 1. The van der Waals surface area contributed by atoms with Gasteiger partial charge in [-0.25, -0.2) is 18.1 Å². The summed E-state index contributed by atoms with van der Waals surface area (Å²) in [5.74, 6) is -0.201. The smallest absolute Gasteiger partial charge is 0.323 e. The molecule has 1 aliphatic carbocycles. The fourth-order valence-corrected chi connectivity index (χ4v) is 6.85. The van der Waals surface area contributed by atoms with Gasteiger partial charge in [-0.05, 0) is 36.1 Å². The SMILES string of the molecule is O=C1NC2(CCc3ccccc3C2)C(=O)N1CN1CCN(S(=O)(=O)c2ccccc2Cl)CC1. The number of hydrogen-bond donors (Lipinski definition) is 1. The summed E-state index contributed by atoms with van der Waals surface area (Å²) < 4.78 is 27.3. The fourth-order valence-electron chi connectivity index (χ4n) is 4.93. The van der Waals surface area contributed by atoms with Crippen LogP contribution in [-0.2, 0) is 27.7 Å². The summed E-state index contributed by atoms with van der Waals surface area (Å²) in [6.07, 6.45) is 1.82. The molecule has 10 heteroatoms. The Hall–Kier alpha value is -2.46. The van der Waals surface area contributed by atoms with Gasteiger partial charge in [-0.2, -0.15) is 4.31 Å². The number of benzene rings is 2. The van der Waals surface area contributed by atoms with Gasteiger partial charge in [0.1, 0.15) is 10.4 Å². The van der Waals surface area contributed by atoms with Gasteiger partial charge in [0, 0.05) is 32.6 Å². The van der Waals surface area contributed by atoms with Crippen LogP contribution < -0.4 is 5.32 Å². The number of carbonyl (C=O) groups is 2. The third-order valence-electron chi connectivity index (χ3n) is 6.80. The number of aryl methyl sites for hydroxylation is 1. The van der Waals surface area contributed by atoms with Crippen molar-refractivity contribution in [3.8, 4) is 0 Å². The van der Waals surface area contributed by atoms with Crippen molar-refractivity contribution in [2.45, 2.75) is 29.7 Å². The second-order valence-electron chi connectivity index (χ2n) is 8.78. The monoisotopic (exact) mass is 488 g/mol. The summed E-state index contributed by atoms with van der Waals surface area (Å²) in [5, 5.41) is 3.14. The first kappa shape index (κ1) is 22.3. The van der Waals surface area contributed by atoms with E-state index >= 15 is 0 Å². The van der Waals surface area contributed by atoms with Crippen molar-refractivity contribution in [2.24, 2.45) is 0 Å². The van der Waals surface area contributed by atoms with Crippen molar-refractivity contribution in [1.82, 2.24) is 19.4 Å². The summed E-state index contributed by atoms with van der Waals surface area (Å²) in [6.45, 7) is 1.49. The van der Waals surface area contributed by atoms with Crippen molar-refractivity contribution in [3.05, 3.63) is 64.7 Å². The zero-order chi connectivity index (χ0) is 23.2. The average molecular weight is 489 g/mol. The van der Waals surface area contributed by atoms with Crippen molar-refractivity contribution < 1.29 is 18.0 Å². The van der Waals surface area contributed by atoms with Gasteiger partial charge in [0.15, 0.2) is 0 Å². The van der Waals surface area contributed by atoms with Crippen LogP contribution in [0.5, 0.6) is 0 Å².